The molecule has 0 atom stereocenters. The summed E-state index contributed by atoms with van der Waals surface area (Å²) < 4.78 is 0. The summed E-state index contributed by atoms with van der Waals surface area (Å²) in [5.74, 6) is 0.662. The van der Waals surface area contributed by atoms with Crippen LogP contribution in [-0.4, -0.2) is 42.4 Å². The average molecular weight is 329 g/mol. The zero-order chi connectivity index (χ0) is 17.1. The number of benzene rings is 1. The Labute approximate surface area is 144 Å². The Morgan fingerprint density at radius 3 is 2.29 bits per heavy atom. The van der Waals surface area contributed by atoms with Gasteiger partial charge in [-0.2, -0.15) is 0 Å². The van der Waals surface area contributed by atoms with E-state index in [4.69, 9.17) is 0 Å². The first-order valence-electron chi connectivity index (χ1n) is 8.95. The minimum atomic E-state index is -0.128. The Balaban J connectivity index is 1.53. The molecule has 24 heavy (non-hydrogen) atoms. The van der Waals surface area contributed by atoms with Crippen LogP contribution in [0.5, 0.6) is 0 Å². The molecule has 2 amide bonds. The van der Waals surface area contributed by atoms with Crippen molar-refractivity contribution < 1.29 is 9.59 Å². The zero-order valence-corrected chi connectivity index (χ0v) is 14.6. The molecule has 1 saturated carbocycles. The highest BCUT2D eigenvalue weighted by Gasteiger charge is 2.32. The van der Waals surface area contributed by atoms with Crippen LogP contribution in [0.3, 0.4) is 0 Å². The lowest BCUT2D eigenvalue weighted by Gasteiger charge is -2.32. The van der Waals surface area contributed by atoms with Crippen molar-refractivity contribution >= 4 is 23.2 Å². The standard InChI is InChI=1S/C19H27N3O2/c1-14-9-11-21(12-10-14)17-5-3-16(4-6-17)20-19(24)13-22(15(2)23)18-7-8-18/h3-6,14,18H,7-13H2,1-2H3,(H,20,24). The fraction of sp³-hybridized carbons (Fsp3) is 0.579. The van der Waals surface area contributed by atoms with Gasteiger partial charge in [0.15, 0.2) is 0 Å². The van der Waals surface area contributed by atoms with Crippen LogP contribution in [0.2, 0.25) is 0 Å². The first-order valence-corrected chi connectivity index (χ1v) is 8.95. The minimum absolute atomic E-state index is 0.0256. The molecule has 0 radical (unpaired) electrons. The maximum atomic E-state index is 12.2. The third-order valence-corrected chi connectivity index (χ3v) is 5.01. The van der Waals surface area contributed by atoms with Crippen molar-refractivity contribution in [1.82, 2.24) is 4.90 Å². The van der Waals surface area contributed by atoms with E-state index < -0.39 is 0 Å². The average Bonchev–Trinajstić information content (AvgIpc) is 3.39. The van der Waals surface area contributed by atoms with E-state index >= 15 is 0 Å². The summed E-state index contributed by atoms with van der Waals surface area (Å²) in [6, 6.07) is 8.28. The highest BCUT2D eigenvalue weighted by atomic mass is 16.2. The molecule has 1 aromatic carbocycles. The maximum Gasteiger partial charge on any atom is 0.244 e. The van der Waals surface area contributed by atoms with Gasteiger partial charge >= 0.3 is 0 Å². The molecular formula is C19H27N3O2. The predicted octanol–water partition coefficient (Wildman–Crippen LogP) is 2.87. The van der Waals surface area contributed by atoms with E-state index in [1.807, 2.05) is 12.1 Å². The number of rotatable bonds is 5. The molecular weight excluding hydrogens is 302 g/mol. The molecule has 3 rings (SSSR count). The Bertz CT molecular complexity index is 587. The van der Waals surface area contributed by atoms with E-state index in [0.29, 0.717) is 0 Å². The molecule has 1 aliphatic heterocycles. The molecule has 0 spiro atoms. The molecule has 2 fully saturated rings. The van der Waals surface area contributed by atoms with Crippen LogP contribution in [-0.2, 0) is 9.59 Å². The van der Waals surface area contributed by atoms with Gasteiger partial charge in [0, 0.05) is 37.4 Å². The fourth-order valence-corrected chi connectivity index (χ4v) is 3.26. The Morgan fingerprint density at radius 1 is 1.12 bits per heavy atom. The number of piperidine rings is 1. The van der Waals surface area contributed by atoms with E-state index in [0.717, 1.165) is 37.5 Å². The number of carbonyl (C=O) groups excluding carboxylic acids is 2. The van der Waals surface area contributed by atoms with Gasteiger partial charge in [0.25, 0.3) is 0 Å². The molecule has 5 heteroatoms. The van der Waals surface area contributed by atoms with Crippen molar-refractivity contribution in [3.8, 4) is 0 Å². The van der Waals surface area contributed by atoms with Gasteiger partial charge in [0.05, 0.1) is 0 Å². The molecule has 5 nitrogen and oxygen atoms in total. The second-order valence-corrected chi connectivity index (χ2v) is 7.14. The molecule has 1 N–H and O–H groups in total. The third kappa shape index (κ3) is 4.28. The Morgan fingerprint density at radius 2 is 1.75 bits per heavy atom. The maximum absolute atomic E-state index is 12.2. The predicted molar refractivity (Wildman–Crippen MR) is 96.1 cm³/mol. The smallest absolute Gasteiger partial charge is 0.244 e. The lowest BCUT2D eigenvalue weighted by molar-refractivity contribution is -0.133. The van der Waals surface area contributed by atoms with E-state index in [1.54, 1.807) is 4.90 Å². The molecule has 1 heterocycles. The van der Waals surface area contributed by atoms with Crippen molar-refractivity contribution in [3.05, 3.63) is 24.3 Å². The van der Waals surface area contributed by atoms with Gasteiger partial charge in [-0.3, -0.25) is 9.59 Å². The van der Waals surface area contributed by atoms with Crippen molar-refractivity contribution in [2.75, 3.05) is 29.9 Å². The molecule has 0 unspecified atom stereocenters. The molecule has 1 aliphatic carbocycles. The van der Waals surface area contributed by atoms with Crippen LogP contribution in [0.25, 0.3) is 0 Å². The number of hydrogen-bond donors (Lipinski definition) is 1. The van der Waals surface area contributed by atoms with Gasteiger partial charge in [0.2, 0.25) is 11.8 Å². The van der Waals surface area contributed by atoms with Crippen molar-refractivity contribution in [2.45, 2.75) is 45.6 Å². The van der Waals surface area contributed by atoms with Crippen LogP contribution >= 0.6 is 0 Å². The van der Waals surface area contributed by atoms with Crippen molar-refractivity contribution in [1.29, 1.82) is 0 Å². The summed E-state index contributed by atoms with van der Waals surface area (Å²) in [6.45, 7) is 6.18. The quantitative estimate of drug-likeness (QED) is 0.904. The van der Waals surface area contributed by atoms with Gasteiger partial charge in [-0.25, -0.2) is 0 Å². The second-order valence-electron chi connectivity index (χ2n) is 7.14. The lowest BCUT2D eigenvalue weighted by Crippen LogP contribution is -2.38. The number of anilines is 2. The highest BCUT2D eigenvalue weighted by Crippen LogP contribution is 2.27. The number of carbonyl (C=O) groups is 2. The summed E-state index contributed by atoms with van der Waals surface area (Å²) in [4.78, 5) is 27.8. The number of nitrogens with one attached hydrogen (secondary N) is 1. The van der Waals surface area contributed by atoms with Crippen molar-refractivity contribution in [3.63, 3.8) is 0 Å². The number of hydrogen-bond acceptors (Lipinski definition) is 3. The number of amides is 2. The van der Waals surface area contributed by atoms with Gasteiger partial charge in [-0.15, -0.1) is 0 Å². The van der Waals surface area contributed by atoms with Crippen LogP contribution in [0.1, 0.15) is 39.5 Å². The van der Waals surface area contributed by atoms with Crippen LogP contribution in [0.15, 0.2) is 24.3 Å². The first-order chi connectivity index (χ1) is 11.5. The van der Waals surface area contributed by atoms with Crippen LogP contribution in [0.4, 0.5) is 11.4 Å². The van der Waals surface area contributed by atoms with Gasteiger partial charge in [-0.1, -0.05) is 6.92 Å². The van der Waals surface area contributed by atoms with Gasteiger partial charge < -0.3 is 15.1 Å². The largest absolute Gasteiger partial charge is 0.372 e. The minimum Gasteiger partial charge on any atom is -0.372 e. The van der Waals surface area contributed by atoms with Crippen molar-refractivity contribution in [2.24, 2.45) is 5.92 Å². The summed E-state index contributed by atoms with van der Waals surface area (Å²) in [5, 5.41) is 2.90. The van der Waals surface area contributed by atoms with Gasteiger partial charge in [-0.05, 0) is 55.9 Å². The van der Waals surface area contributed by atoms with Crippen LogP contribution in [0, 0.1) is 5.92 Å². The SMILES string of the molecule is CC(=O)N(CC(=O)Nc1ccc(N2CCC(C)CC2)cc1)C1CC1. The zero-order valence-electron chi connectivity index (χ0n) is 14.6. The van der Waals surface area contributed by atoms with Gasteiger partial charge in [0.1, 0.15) is 6.54 Å². The molecule has 2 aliphatic rings. The molecule has 0 aromatic heterocycles. The summed E-state index contributed by atoms with van der Waals surface area (Å²) in [6.07, 6.45) is 4.49. The molecule has 0 bridgehead atoms. The first kappa shape index (κ1) is 16.8. The van der Waals surface area contributed by atoms with E-state index in [2.05, 4.69) is 29.3 Å². The Hall–Kier alpha value is -2.04. The topological polar surface area (TPSA) is 52.7 Å². The fourth-order valence-electron chi connectivity index (χ4n) is 3.26. The normalized spacial score (nSPS) is 18.3. The van der Waals surface area contributed by atoms with E-state index in [9.17, 15) is 9.59 Å². The summed E-state index contributed by atoms with van der Waals surface area (Å²) in [5.41, 5.74) is 2.00. The van der Waals surface area contributed by atoms with Crippen LogP contribution < -0.4 is 10.2 Å². The third-order valence-electron chi connectivity index (χ3n) is 5.01. The second kappa shape index (κ2) is 7.24. The highest BCUT2D eigenvalue weighted by molar-refractivity contribution is 5.94. The van der Waals surface area contributed by atoms with E-state index in [1.165, 1.54) is 25.5 Å². The molecule has 1 aromatic rings. The molecule has 130 valence electrons. The summed E-state index contributed by atoms with van der Waals surface area (Å²) >= 11 is 0. The molecule has 1 saturated heterocycles. The monoisotopic (exact) mass is 329 g/mol. The Kier molecular flexibility index (Phi) is 5.07. The summed E-state index contributed by atoms with van der Waals surface area (Å²) in [7, 11) is 0. The number of nitrogens with zero attached hydrogens (tertiary/aromatic N) is 2. The van der Waals surface area contributed by atoms with E-state index in [-0.39, 0.29) is 24.4 Å². The lowest BCUT2D eigenvalue weighted by atomic mass is 9.99.